The SMILES string of the molecule is CC1CCC(Oc2cc3c4cc(OC5CCC(C)CC5)c(OC5CCC(C)CC5)cc4c4cc(OC5CCC(C)CC5)c(OC5CCC(C)CC5)cc4c3cc2OC2CCC(C)CC2)CC1. The third kappa shape index (κ3) is 10.8. The van der Waals surface area contributed by atoms with Gasteiger partial charge in [0.15, 0.2) is 34.5 Å². The van der Waals surface area contributed by atoms with Crippen LogP contribution >= 0.6 is 0 Å². The van der Waals surface area contributed by atoms with Crippen LogP contribution in [0, 0.1) is 35.5 Å². The van der Waals surface area contributed by atoms with Crippen LogP contribution in [0.25, 0.3) is 32.3 Å². The van der Waals surface area contributed by atoms with Crippen molar-refractivity contribution in [3.63, 3.8) is 0 Å². The highest BCUT2D eigenvalue weighted by Gasteiger charge is 2.30. The van der Waals surface area contributed by atoms with E-state index < -0.39 is 0 Å². The lowest BCUT2D eigenvalue weighted by atomic mass is 9.88. The van der Waals surface area contributed by atoms with Gasteiger partial charge in [-0.1, -0.05) is 41.5 Å². The van der Waals surface area contributed by atoms with E-state index in [1.165, 1.54) is 109 Å². The Labute approximate surface area is 397 Å². The zero-order valence-electron chi connectivity index (χ0n) is 41.8. The second-order valence-electron chi connectivity index (χ2n) is 23.5. The van der Waals surface area contributed by atoms with Crippen LogP contribution in [0.3, 0.4) is 0 Å². The summed E-state index contributed by atoms with van der Waals surface area (Å²) in [6, 6.07) is 14.1. The van der Waals surface area contributed by atoms with Gasteiger partial charge >= 0.3 is 0 Å². The Morgan fingerprint density at radius 3 is 0.455 bits per heavy atom. The van der Waals surface area contributed by atoms with Gasteiger partial charge in [-0.15, -0.1) is 0 Å². The van der Waals surface area contributed by atoms with Crippen molar-refractivity contribution in [2.24, 2.45) is 35.5 Å². The quantitative estimate of drug-likeness (QED) is 0.132. The molecule has 66 heavy (non-hydrogen) atoms. The van der Waals surface area contributed by atoms with Gasteiger partial charge in [-0.2, -0.15) is 0 Å². The molecule has 0 spiro atoms. The van der Waals surface area contributed by atoms with E-state index in [2.05, 4.69) is 77.9 Å². The summed E-state index contributed by atoms with van der Waals surface area (Å²) >= 11 is 0. The fourth-order valence-corrected chi connectivity index (χ4v) is 12.7. The Balaban J connectivity index is 1.17. The van der Waals surface area contributed by atoms with Crippen molar-refractivity contribution in [3.8, 4) is 34.5 Å². The van der Waals surface area contributed by atoms with E-state index in [0.717, 1.165) is 147 Å². The molecule has 10 rings (SSSR count). The first-order chi connectivity index (χ1) is 32.1. The van der Waals surface area contributed by atoms with E-state index in [9.17, 15) is 0 Å². The first-order valence-corrected chi connectivity index (χ1v) is 27.6. The molecule has 6 nitrogen and oxygen atoms in total. The molecular weight excluding hydrogens is 817 g/mol. The van der Waals surface area contributed by atoms with Crippen LogP contribution in [-0.4, -0.2) is 36.6 Å². The van der Waals surface area contributed by atoms with Crippen LogP contribution in [0.2, 0.25) is 0 Å². The second-order valence-corrected chi connectivity index (χ2v) is 23.5. The molecular formula is C60H84O6. The van der Waals surface area contributed by atoms with Gasteiger partial charge in [-0.05, 0) is 258 Å². The molecule has 0 saturated heterocycles. The molecule has 0 bridgehead atoms. The molecule has 0 N–H and O–H groups in total. The highest BCUT2D eigenvalue weighted by Crippen LogP contribution is 2.50. The predicted octanol–water partition coefficient (Wildman–Crippen LogP) is 16.9. The maximum Gasteiger partial charge on any atom is 0.162 e. The molecule has 6 heteroatoms. The third-order valence-corrected chi connectivity index (χ3v) is 17.7. The summed E-state index contributed by atoms with van der Waals surface area (Å²) < 4.78 is 43.1. The summed E-state index contributed by atoms with van der Waals surface area (Å²) in [6.45, 7) is 14.3. The minimum Gasteiger partial charge on any atom is -0.487 e. The lowest BCUT2D eigenvalue weighted by Gasteiger charge is -2.31. The Morgan fingerprint density at radius 2 is 0.333 bits per heavy atom. The van der Waals surface area contributed by atoms with Gasteiger partial charge in [0.05, 0.1) is 36.6 Å². The largest absolute Gasteiger partial charge is 0.487 e. The van der Waals surface area contributed by atoms with Crippen LogP contribution < -0.4 is 28.4 Å². The second kappa shape index (κ2) is 20.6. The fraction of sp³-hybridized carbons (Fsp3) is 0.700. The minimum atomic E-state index is 0.186. The topological polar surface area (TPSA) is 55.4 Å². The van der Waals surface area contributed by atoms with Gasteiger partial charge in [-0.25, -0.2) is 0 Å². The first-order valence-electron chi connectivity index (χ1n) is 27.6. The maximum absolute atomic E-state index is 7.18. The predicted molar refractivity (Wildman–Crippen MR) is 271 cm³/mol. The molecule has 4 aromatic carbocycles. The van der Waals surface area contributed by atoms with E-state index in [0.29, 0.717) is 0 Å². The Kier molecular flexibility index (Phi) is 14.4. The Hall–Kier alpha value is -3.54. The highest BCUT2D eigenvalue weighted by molar-refractivity contribution is 6.26. The summed E-state index contributed by atoms with van der Waals surface area (Å²) in [7, 11) is 0. The monoisotopic (exact) mass is 901 g/mol. The van der Waals surface area contributed by atoms with E-state index in [-0.39, 0.29) is 36.6 Å². The zero-order chi connectivity index (χ0) is 45.3. The highest BCUT2D eigenvalue weighted by atomic mass is 16.5. The maximum atomic E-state index is 7.18. The number of hydrogen-bond donors (Lipinski definition) is 0. The van der Waals surface area contributed by atoms with Crippen LogP contribution in [0.15, 0.2) is 36.4 Å². The number of fused-ring (bicyclic) bond motifs is 6. The number of ether oxygens (including phenoxy) is 6. The standard InChI is InChI=1S/C60H84O6/c1-37-7-19-43(20-8-37)61-55-31-49-50(32-56(55)62-44-21-9-38(2)10-22-44)52-34-58(64-46-25-13-40(4)14-26-46)60(66-48-29-17-42(6)18-30-48)36-54(52)53-35-59(65-47-27-15-41(5)16-28-47)57(33-51(49)53)63-45-23-11-39(3)12-24-45/h31-48H,7-30H2,1-6H3. The molecule has 6 aliphatic carbocycles. The van der Waals surface area contributed by atoms with Crippen molar-refractivity contribution in [3.05, 3.63) is 36.4 Å². The van der Waals surface area contributed by atoms with Gasteiger partial charge < -0.3 is 28.4 Å². The van der Waals surface area contributed by atoms with E-state index in [4.69, 9.17) is 28.4 Å². The zero-order valence-corrected chi connectivity index (χ0v) is 41.8. The van der Waals surface area contributed by atoms with Crippen LogP contribution in [0.1, 0.15) is 196 Å². The van der Waals surface area contributed by atoms with Crippen molar-refractivity contribution in [1.82, 2.24) is 0 Å². The van der Waals surface area contributed by atoms with Gasteiger partial charge in [0.1, 0.15) is 0 Å². The average Bonchev–Trinajstić information content (AvgIpc) is 3.32. The van der Waals surface area contributed by atoms with Crippen molar-refractivity contribution in [2.75, 3.05) is 0 Å². The molecule has 0 atom stereocenters. The van der Waals surface area contributed by atoms with Crippen molar-refractivity contribution < 1.29 is 28.4 Å². The molecule has 0 aliphatic heterocycles. The lowest BCUT2D eigenvalue weighted by molar-refractivity contribution is 0.107. The van der Waals surface area contributed by atoms with Gasteiger partial charge in [-0.3, -0.25) is 0 Å². The summed E-state index contributed by atoms with van der Waals surface area (Å²) in [5.41, 5.74) is 0. The van der Waals surface area contributed by atoms with Crippen molar-refractivity contribution >= 4 is 32.3 Å². The van der Waals surface area contributed by atoms with Gasteiger partial charge in [0, 0.05) is 0 Å². The lowest BCUT2D eigenvalue weighted by Crippen LogP contribution is -2.25. The van der Waals surface area contributed by atoms with Gasteiger partial charge in [0.25, 0.3) is 0 Å². The number of rotatable bonds is 12. The summed E-state index contributed by atoms with van der Waals surface area (Å²) in [6.07, 6.45) is 28.6. The van der Waals surface area contributed by atoms with Crippen LogP contribution in [0.4, 0.5) is 0 Å². The van der Waals surface area contributed by atoms with Crippen molar-refractivity contribution in [1.29, 1.82) is 0 Å². The van der Waals surface area contributed by atoms with Crippen LogP contribution in [0.5, 0.6) is 34.5 Å². The number of hydrogen-bond acceptors (Lipinski definition) is 6. The Morgan fingerprint density at radius 1 is 0.212 bits per heavy atom. The normalized spacial score (nSPS) is 33.4. The molecule has 0 radical (unpaired) electrons. The average molecular weight is 901 g/mol. The van der Waals surface area contributed by atoms with E-state index in [1.54, 1.807) is 0 Å². The summed E-state index contributed by atoms with van der Waals surface area (Å²) in [5.74, 6) is 9.84. The summed E-state index contributed by atoms with van der Waals surface area (Å²) in [4.78, 5) is 0. The minimum absolute atomic E-state index is 0.186. The molecule has 6 aliphatic rings. The molecule has 0 unspecified atom stereocenters. The smallest absolute Gasteiger partial charge is 0.162 e. The molecule has 6 fully saturated rings. The molecule has 4 aromatic rings. The molecule has 360 valence electrons. The van der Waals surface area contributed by atoms with Gasteiger partial charge in [0.2, 0.25) is 0 Å². The molecule has 0 amide bonds. The molecule has 0 aromatic heterocycles. The fourth-order valence-electron chi connectivity index (χ4n) is 12.7. The van der Waals surface area contributed by atoms with E-state index in [1.807, 2.05) is 0 Å². The van der Waals surface area contributed by atoms with E-state index >= 15 is 0 Å². The summed E-state index contributed by atoms with van der Waals surface area (Å²) in [5, 5.41) is 7.05. The van der Waals surface area contributed by atoms with Crippen molar-refractivity contribution in [2.45, 2.75) is 232 Å². The molecule has 0 heterocycles. The first kappa shape index (κ1) is 46.2. The molecule has 6 saturated carbocycles. The third-order valence-electron chi connectivity index (χ3n) is 17.7. The van der Waals surface area contributed by atoms with Crippen LogP contribution in [-0.2, 0) is 0 Å². The number of benzene rings is 4. The Bertz CT molecular complexity index is 1800.